The molecule has 0 aromatic heterocycles. The number of carboxylic acids is 1. The minimum atomic E-state index is -0.815. The molecule has 2 N–H and O–H groups in total. The highest BCUT2D eigenvalue weighted by Gasteiger charge is 2.18. The lowest BCUT2D eigenvalue weighted by Crippen LogP contribution is -2.09. The van der Waals surface area contributed by atoms with Crippen molar-refractivity contribution in [3.05, 3.63) is 29.3 Å². The molecule has 1 heterocycles. The Hall–Kier alpha value is -1.36. The van der Waals surface area contributed by atoms with E-state index in [-0.39, 0.29) is 17.2 Å². The van der Waals surface area contributed by atoms with E-state index in [9.17, 15) is 9.59 Å². The van der Waals surface area contributed by atoms with Crippen molar-refractivity contribution < 1.29 is 14.7 Å². The van der Waals surface area contributed by atoms with Crippen LogP contribution in [0.3, 0.4) is 0 Å². The summed E-state index contributed by atoms with van der Waals surface area (Å²) in [6, 6.07) is 5.75. The summed E-state index contributed by atoms with van der Waals surface area (Å²) in [5.41, 5.74) is 2.90. The van der Waals surface area contributed by atoms with E-state index in [1.54, 1.807) is 0 Å². The molecule has 1 aliphatic heterocycles. The summed E-state index contributed by atoms with van der Waals surface area (Å²) in [5.74, 6) is -0.803. The number of carbonyl (C=O) groups is 2. The standard InChI is InChI=1S/C12H12BrNO3/c13-9(6-12(16)17)4-7-1-2-10-8(3-7)5-11(15)14-10/h1-3,9H,4-6H2,(H,14,15)(H,16,17). The van der Waals surface area contributed by atoms with Gasteiger partial charge in [-0.1, -0.05) is 28.1 Å². The lowest BCUT2D eigenvalue weighted by molar-refractivity contribution is -0.136. The van der Waals surface area contributed by atoms with Gasteiger partial charge in [0.05, 0.1) is 12.8 Å². The maximum absolute atomic E-state index is 11.2. The third kappa shape index (κ3) is 3.06. The number of benzene rings is 1. The van der Waals surface area contributed by atoms with Gasteiger partial charge in [0.2, 0.25) is 5.91 Å². The fourth-order valence-corrected chi connectivity index (χ4v) is 2.58. The van der Waals surface area contributed by atoms with E-state index in [1.807, 2.05) is 18.2 Å². The Kier molecular flexibility index (Phi) is 3.47. The summed E-state index contributed by atoms with van der Waals surface area (Å²) in [6.07, 6.45) is 1.15. The summed E-state index contributed by atoms with van der Waals surface area (Å²) in [4.78, 5) is 21.6. The number of fused-ring (bicyclic) bond motifs is 1. The molecule has 1 aromatic carbocycles. The number of carboxylic acid groups (broad SMARTS) is 1. The fraction of sp³-hybridized carbons (Fsp3) is 0.333. The third-order valence-corrected chi connectivity index (χ3v) is 3.30. The molecular formula is C12H12BrNO3. The normalized spacial score (nSPS) is 15.2. The first kappa shape index (κ1) is 12.1. The Morgan fingerprint density at radius 1 is 1.53 bits per heavy atom. The van der Waals surface area contributed by atoms with Crippen molar-refractivity contribution in [3.63, 3.8) is 0 Å². The van der Waals surface area contributed by atoms with E-state index in [0.29, 0.717) is 12.8 Å². The third-order valence-electron chi connectivity index (χ3n) is 2.65. The van der Waals surface area contributed by atoms with Gasteiger partial charge in [0.1, 0.15) is 0 Å². The van der Waals surface area contributed by atoms with Gasteiger partial charge in [-0.15, -0.1) is 0 Å². The molecule has 0 fully saturated rings. The zero-order chi connectivity index (χ0) is 12.4. The van der Waals surface area contributed by atoms with Gasteiger partial charge in [-0.3, -0.25) is 9.59 Å². The molecule has 0 spiro atoms. The zero-order valence-corrected chi connectivity index (χ0v) is 10.7. The van der Waals surface area contributed by atoms with E-state index >= 15 is 0 Å². The van der Waals surface area contributed by atoms with Crippen LogP contribution in [0.1, 0.15) is 17.5 Å². The van der Waals surface area contributed by atoms with Crippen LogP contribution in [0.2, 0.25) is 0 Å². The van der Waals surface area contributed by atoms with Gasteiger partial charge >= 0.3 is 5.97 Å². The lowest BCUT2D eigenvalue weighted by Gasteiger charge is -2.08. The van der Waals surface area contributed by atoms with Crippen LogP contribution >= 0.6 is 15.9 Å². The Balaban J connectivity index is 2.06. The largest absolute Gasteiger partial charge is 0.481 e. The molecule has 0 radical (unpaired) electrons. The van der Waals surface area contributed by atoms with Crippen LogP contribution in [0.25, 0.3) is 0 Å². The average molecular weight is 298 g/mol. The molecule has 1 atom stereocenters. The average Bonchev–Trinajstić information content (AvgIpc) is 2.55. The monoisotopic (exact) mass is 297 g/mol. The number of carbonyl (C=O) groups excluding carboxylic acids is 1. The topological polar surface area (TPSA) is 66.4 Å². The second-order valence-electron chi connectivity index (χ2n) is 4.12. The molecule has 5 heteroatoms. The molecule has 17 heavy (non-hydrogen) atoms. The Bertz CT molecular complexity index is 473. The van der Waals surface area contributed by atoms with Crippen LogP contribution < -0.4 is 5.32 Å². The molecule has 0 bridgehead atoms. The van der Waals surface area contributed by atoms with Crippen LogP contribution in [0, 0.1) is 0 Å². The number of halogens is 1. The van der Waals surface area contributed by atoms with Crippen LogP contribution in [-0.2, 0) is 22.4 Å². The molecule has 4 nitrogen and oxygen atoms in total. The first-order chi connectivity index (χ1) is 8.04. The predicted octanol–water partition coefficient (Wildman–Crippen LogP) is 1.96. The number of nitrogens with one attached hydrogen (secondary N) is 1. The summed E-state index contributed by atoms with van der Waals surface area (Å²) in [6.45, 7) is 0. The SMILES string of the molecule is O=C(O)CC(Br)Cc1ccc2c(c1)CC(=O)N2. The molecule has 0 aliphatic carbocycles. The van der Waals surface area contributed by atoms with E-state index in [4.69, 9.17) is 5.11 Å². The van der Waals surface area contributed by atoms with Crippen molar-refractivity contribution in [1.82, 2.24) is 0 Å². The highest BCUT2D eigenvalue weighted by atomic mass is 79.9. The minimum Gasteiger partial charge on any atom is -0.481 e. The summed E-state index contributed by atoms with van der Waals surface area (Å²) in [7, 11) is 0. The number of aliphatic carboxylic acids is 1. The first-order valence-corrected chi connectivity index (χ1v) is 6.23. The van der Waals surface area contributed by atoms with E-state index in [0.717, 1.165) is 16.8 Å². The van der Waals surface area contributed by atoms with Crippen LogP contribution in [0.4, 0.5) is 5.69 Å². The number of amides is 1. The minimum absolute atomic E-state index is 0.0121. The van der Waals surface area contributed by atoms with E-state index in [1.165, 1.54) is 0 Å². The van der Waals surface area contributed by atoms with Crippen molar-refractivity contribution in [2.24, 2.45) is 0 Å². The molecule has 0 saturated heterocycles. The van der Waals surface area contributed by atoms with Crippen LogP contribution in [0.5, 0.6) is 0 Å². The van der Waals surface area contributed by atoms with Gasteiger partial charge in [-0.05, 0) is 23.6 Å². The highest BCUT2D eigenvalue weighted by Crippen LogP contribution is 2.25. The van der Waals surface area contributed by atoms with E-state index in [2.05, 4.69) is 21.2 Å². The van der Waals surface area contributed by atoms with Crippen molar-refractivity contribution in [1.29, 1.82) is 0 Å². The number of hydrogen-bond donors (Lipinski definition) is 2. The molecule has 1 unspecified atom stereocenters. The van der Waals surface area contributed by atoms with Gasteiger partial charge in [-0.25, -0.2) is 0 Å². The van der Waals surface area contributed by atoms with Crippen molar-refractivity contribution in [2.45, 2.75) is 24.1 Å². The second-order valence-corrected chi connectivity index (χ2v) is 5.41. The smallest absolute Gasteiger partial charge is 0.304 e. The van der Waals surface area contributed by atoms with Gasteiger partial charge in [0.25, 0.3) is 0 Å². The molecular weight excluding hydrogens is 286 g/mol. The van der Waals surface area contributed by atoms with E-state index < -0.39 is 5.97 Å². The molecule has 90 valence electrons. The maximum Gasteiger partial charge on any atom is 0.304 e. The number of anilines is 1. The number of alkyl halides is 1. The fourth-order valence-electron chi connectivity index (χ4n) is 1.93. The molecule has 0 saturated carbocycles. The van der Waals surface area contributed by atoms with Crippen molar-refractivity contribution in [2.75, 3.05) is 5.32 Å². The lowest BCUT2D eigenvalue weighted by atomic mass is 10.0. The van der Waals surface area contributed by atoms with Gasteiger partial charge in [-0.2, -0.15) is 0 Å². The molecule has 1 amide bonds. The molecule has 1 aromatic rings. The predicted molar refractivity (Wildman–Crippen MR) is 67.4 cm³/mol. The number of rotatable bonds is 4. The first-order valence-electron chi connectivity index (χ1n) is 5.32. The van der Waals surface area contributed by atoms with Gasteiger partial charge in [0, 0.05) is 10.5 Å². The molecule has 2 rings (SSSR count). The Morgan fingerprint density at radius 2 is 2.29 bits per heavy atom. The van der Waals surface area contributed by atoms with Gasteiger partial charge < -0.3 is 10.4 Å². The van der Waals surface area contributed by atoms with Crippen molar-refractivity contribution >= 4 is 33.5 Å². The molecule has 1 aliphatic rings. The summed E-state index contributed by atoms with van der Waals surface area (Å²) >= 11 is 3.34. The van der Waals surface area contributed by atoms with Crippen molar-refractivity contribution in [3.8, 4) is 0 Å². The summed E-state index contributed by atoms with van der Waals surface area (Å²) in [5, 5.41) is 11.4. The second kappa shape index (κ2) is 4.87. The highest BCUT2D eigenvalue weighted by molar-refractivity contribution is 9.09. The maximum atomic E-state index is 11.2. The Morgan fingerprint density at radius 3 is 3.00 bits per heavy atom. The van der Waals surface area contributed by atoms with Crippen LogP contribution in [-0.4, -0.2) is 21.8 Å². The van der Waals surface area contributed by atoms with Gasteiger partial charge in [0.15, 0.2) is 0 Å². The zero-order valence-electron chi connectivity index (χ0n) is 9.07. The quantitative estimate of drug-likeness (QED) is 0.835. The summed E-state index contributed by atoms with van der Waals surface area (Å²) < 4.78 is 0. The Labute approximate surface area is 107 Å². The van der Waals surface area contributed by atoms with Crippen LogP contribution in [0.15, 0.2) is 18.2 Å². The number of hydrogen-bond acceptors (Lipinski definition) is 2.